The Morgan fingerprint density at radius 2 is 2.31 bits per heavy atom. The third kappa shape index (κ3) is 2.76. The fourth-order valence-electron chi connectivity index (χ4n) is 1.19. The number of imidazole rings is 1. The molecule has 1 rings (SSSR count). The summed E-state index contributed by atoms with van der Waals surface area (Å²) in [6.07, 6.45) is 6.14. The van der Waals surface area contributed by atoms with Crippen LogP contribution < -0.4 is 5.32 Å². The van der Waals surface area contributed by atoms with Crippen molar-refractivity contribution in [3.8, 4) is 0 Å². The number of aryl methyl sites for hydroxylation is 1. The van der Waals surface area contributed by atoms with Crippen LogP contribution in [0.5, 0.6) is 0 Å². The van der Waals surface area contributed by atoms with Crippen LogP contribution >= 0.6 is 0 Å². The first-order valence-corrected chi connectivity index (χ1v) is 5.05. The Balaban J connectivity index is 2.59. The molecule has 3 nitrogen and oxygen atoms in total. The topological polar surface area (TPSA) is 29.9 Å². The van der Waals surface area contributed by atoms with Gasteiger partial charge in [-0.1, -0.05) is 13.8 Å². The van der Waals surface area contributed by atoms with E-state index < -0.39 is 0 Å². The zero-order valence-corrected chi connectivity index (χ0v) is 8.75. The average molecular weight is 181 g/mol. The van der Waals surface area contributed by atoms with Gasteiger partial charge in [-0.2, -0.15) is 0 Å². The van der Waals surface area contributed by atoms with E-state index in [1.807, 2.05) is 12.4 Å². The van der Waals surface area contributed by atoms with E-state index in [0.717, 1.165) is 25.3 Å². The quantitative estimate of drug-likeness (QED) is 0.756. The van der Waals surface area contributed by atoms with Gasteiger partial charge in [-0.25, -0.2) is 4.98 Å². The molecule has 13 heavy (non-hydrogen) atoms. The van der Waals surface area contributed by atoms with E-state index in [0.29, 0.717) is 6.04 Å². The largest absolute Gasteiger partial charge is 0.353 e. The highest BCUT2D eigenvalue weighted by Gasteiger charge is 2.03. The Bertz CT molecular complexity index is 242. The lowest BCUT2D eigenvalue weighted by Crippen LogP contribution is -2.17. The van der Waals surface area contributed by atoms with E-state index in [-0.39, 0.29) is 0 Å². The standard InChI is InChI=1S/C10H19N3/c1-4-7-13-8-6-11-10(13)12-9(3)5-2/h6,8-9H,4-5,7H2,1-3H3,(H,11,12). The first-order valence-electron chi connectivity index (χ1n) is 5.05. The fourth-order valence-corrected chi connectivity index (χ4v) is 1.19. The maximum atomic E-state index is 4.27. The van der Waals surface area contributed by atoms with Crippen molar-refractivity contribution in [2.24, 2.45) is 0 Å². The van der Waals surface area contributed by atoms with Gasteiger partial charge in [-0.3, -0.25) is 0 Å². The molecule has 0 aromatic carbocycles. The number of nitrogens with zero attached hydrogens (tertiary/aromatic N) is 2. The van der Waals surface area contributed by atoms with Gasteiger partial charge < -0.3 is 9.88 Å². The molecule has 0 spiro atoms. The lowest BCUT2D eigenvalue weighted by atomic mass is 10.3. The van der Waals surface area contributed by atoms with Crippen LogP contribution in [0.4, 0.5) is 5.95 Å². The highest BCUT2D eigenvalue weighted by atomic mass is 15.2. The summed E-state index contributed by atoms with van der Waals surface area (Å²) in [5.41, 5.74) is 0. The average Bonchev–Trinajstić information content (AvgIpc) is 2.54. The highest BCUT2D eigenvalue weighted by Crippen LogP contribution is 2.07. The molecule has 0 radical (unpaired) electrons. The van der Waals surface area contributed by atoms with Crippen LogP contribution in [0.1, 0.15) is 33.6 Å². The minimum absolute atomic E-state index is 0.498. The van der Waals surface area contributed by atoms with Crippen molar-refractivity contribution in [1.82, 2.24) is 9.55 Å². The number of anilines is 1. The molecule has 74 valence electrons. The molecule has 3 heteroatoms. The van der Waals surface area contributed by atoms with Crippen molar-refractivity contribution in [2.75, 3.05) is 5.32 Å². The first kappa shape index (κ1) is 10.1. The van der Waals surface area contributed by atoms with E-state index >= 15 is 0 Å². The summed E-state index contributed by atoms with van der Waals surface area (Å²) in [4.78, 5) is 4.27. The van der Waals surface area contributed by atoms with Gasteiger partial charge in [0.05, 0.1) is 0 Å². The summed E-state index contributed by atoms with van der Waals surface area (Å²) in [5, 5.41) is 3.38. The number of hydrogen-bond acceptors (Lipinski definition) is 2. The lowest BCUT2D eigenvalue weighted by Gasteiger charge is -2.13. The lowest BCUT2D eigenvalue weighted by molar-refractivity contribution is 0.665. The maximum absolute atomic E-state index is 4.27. The second kappa shape index (κ2) is 4.90. The predicted molar refractivity (Wildman–Crippen MR) is 55.9 cm³/mol. The number of rotatable bonds is 5. The van der Waals surface area contributed by atoms with Crippen molar-refractivity contribution in [3.05, 3.63) is 12.4 Å². The fraction of sp³-hybridized carbons (Fsp3) is 0.700. The van der Waals surface area contributed by atoms with Gasteiger partial charge in [0.1, 0.15) is 0 Å². The van der Waals surface area contributed by atoms with Crippen LogP contribution in [-0.2, 0) is 6.54 Å². The Morgan fingerprint density at radius 3 is 2.92 bits per heavy atom. The monoisotopic (exact) mass is 181 g/mol. The summed E-state index contributed by atoms with van der Waals surface area (Å²) < 4.78 is 2.16. The van der Waals surface area contributed by atoms with Crippen LogP contribution in [0.3, 0.4) is 0 Å². The van der Waals surface area contributed by atoms with Crippen molar-refractivity contribution >= 4 is 5.95 Å². The van der Waals surface area contributed by atoms with Crippen LogP contribution in [0.15, 0.2) is 12.4 Å². The summed E-state index contributed by atoms with van der Waals surface area (Å²) in [6, 6.07) is 0.498. The molecule has 1 atom stereocenters. The van der Waals surface area contributed by atoms with Gasteiger partial charge in [-0.05, 0) is 19.8 Å². The van der Waals surface area contributed by atoms with Crippen molar-refractivity contribution in [2.45, 2.75) is 46.2 Å². The molecule has 0 aliphatic rings. The Labute approximate surface area is 80.2 Å². The Kier molecular flexibility index (Phi) is 3.80. The van der Waals surface area contributed by atoms with Crippen molar-refractivity contribution in [3.63, 3.8) is 0 Å². The molecule has 0 saturated heterocycles. The third-order valence-electron chi connectivity index (χ3n) is 2.17. The molecule has 0 aliphatic heterocycles. The van der Waals surface area contributed by atoms with Gasteiger partial charge in [0, 0.05) is 25.0 Å². The molecule has 0 fully saturated rings. The van der Waals surface area contributed by atoms with E-state index in [9.17, 15) is 0 Å². The molecule has 0 amide bonds. The summed E-state index contributed by atoms with van der Waals surface area (Å²) >= 11 is 0. The van der Waals surface area contributed by atoms with Gasteiger partial charge in [-0.15, -0.1) is 0 Å². The molecular formula is C10H19N3. The molecule has 0 bridgehead atoms. The highest BCUT2D eigenvalue weighted by molar-refractivity contribution is 5.26. The van der Waals surface area contributed by atoms with Crippen LogP contribution in [0.25, 0.3) is 0 Å². The predicted octanol–water partition coefficient (Wildman–Crippen LogP) is 2.50. The summed E-state index contributed by atoms with van der Waals surface area (Å²) in [7, 11) is 0. The van der Waals surface area contributed by atoms with Crippen LogP contribution in [0.2, 0.25) is 0 Å². The van der Waals surface area contributed by atoms with E-state index in [4.69, 9.17) is 0 Å². The van der Waals surface area contributed by atoms with E-state index in [2.05, 4.69) is 35.6 Å². The third-order valence-corrected chi connectivity index (χ3v) is 2.17. The Morgan fingerprint density at radius 1 is 1.54 bits per heavy atom. The molecule has 1 N–H and O–H groups in total. The molecule has 1 aromatic heterocycles. The minimum Gasteiger partial charge on any atom is -0.353 e. The SMILES string of the molecule is CCCn1ccnc1NC(C)CC. The number of aromatic nitrogens is 2. The normalized spacial score (nSPS) is 12.8. The summed E-state index contributed by atoms with van der Waals surface area (Å²) in [5.74, 6) is 0.996. The summed E-state index contributed by atoms with van der Waals surface area (Å²) in [6.45, 7) is 7.56. The second-order valence-electron chi connectivity index (χ2n) is 3.40. The second-order valence-corrected chi connectivity index (χ2v) is 3.40. The molecule has 0 saturated carbocycles. The first-order chi connectivity index (χ1) is 6.27. The van der Waals surface area contributed by atoms with Crippen LogP contribution in [0, 0.1) is 0 Å². The Hall–Kier alpha value is -0.990. The number of hydrogen-bond donors (Lipinski definition) is 1. The van der Waals surface area contributed by atoms with Crippen molar-refractivity contribution < 1.29 is 0 Å². The molecule has 1 heterocycles. The van der Waals surface area contributed by atoms with Crippen LogP contribution in [-0.4, -0.2) is 15.6 Å². The number of nitrogens with one attached hydrogen (secondary N) is 1. The molecule has 1 unspecified atom stereocenters. The maximum Gasteiger partial charge on any atom is 0.202 e. The van der Waals surface area contributed by atoms with Gasteiger partial charge in [0.2, 0.25) is 5.95 Å². The zero-order chi connectivity index (χ0) is 9.68. The smallest absolute Gasteiger partial charge is 0.202 e. The van der Waals surface area contributed by atoms with Gasteiger partial charge in [0.15, 0.2) is 0 Å². The van der Waals surface area contributed by atoms with E-state index in [1.54, 1.807) is 0 Å². The van der Waals surface area contributed by atoms with Crippen molar-refractivity contribution in [1.29, 1.82) is 0 Å². The molecule has 0 aliphatic carbocycles. The minimum atomic E-state index is 0.498. The zero-order valence-electron chi connectivity index (χ0n) is 8.75. The van der Waals surface area contributed by atoms with Gasteiger partial charge in [0.25, 0.3) is 0 Å². The molecule has 1 aromatic rings. The van der Waals surface area contributed by atoms with E-state index in [1.165, 1.54) is 0 Å². The van der Waals surface area contributed by atoms with Gasteiger partial charge >= 0.3 is 0 Å². The molecular weight excluding hydrogens is 162 g/mol.